The largest absolute Gasteiger partial charge is 0.496 e. The van der Waals surface area contributed by atoms with Crippen molar-refractivity contribution >= 4 is 51.6 Å². The Morgan fingerprint density at radius 3 is 2.69 bits per heavy atom. The molecule has 1 fully saturated rings. The monoisotopic (exact) mass is 573 g/mol. The predicted octanol–water partition coefficient (Wildman–Crippen LogP) is 4.03. The minimum Gasteiger partial charge on any atom is -0.496 e. The summed E-state index contributed by atoms with van der Waals surface area (Å²) >= 11 is 3.49. The summed E-state index contributed by atoms with van der Waals surface area (Å²) in [5.41, 5.74) is 4.33. The van der Waals surface area contributed by atoms with Gasteiger partial charge in [-0.25, -0.2) is 0 Å². The van der Waals surface area contributed by atoms with Gasteiger partial charge in [-0.15, -0.1) is 24.0 Å². The molecule has 1 unspecified atom stereocenters. The second-order valence-corrected chi connectivity index (χ2v) is 7.94. The van der Waals surface area contributed by atoms with E-state index >= 15 is 0 Å². The van der Waals surface area contributed by atoms with Gasteiger partial charge in [-0.05, 0) is 44.5 Å². The van der Waals surface area contributed by atoms with E-state index < -0.39 is 0 Å². The zero-order chi connectivity index (χ0) is 20.1. The molecular formula is C21H29BrIN5O. The smallest absolute Gasteiger partial charge is 0.191 e. The average Bonchev–Trinajstić information content (AvgIpc) is 3.16. The summed E-state index contributed by atoms with van der Waals surface area (Å²) in [7, 11) is 3.50. The van der Waals surface area contributed by atoms with Crippen LogP contribution in [-0.4, -0.2) is 44.2 Å². The number of aliphatic imine (C=N–C) groups is 1. The molecule has 1 atom stereocenters. The quantitative estimate of drug-likeness (QED) is 0.321. The first-order valence-corrected chi connectivity index (χ1v) is 10.3. The predicted molar refractivity (Wildman–Crippen MR) is 134 cm³/mol. The lowest BCUT2D eigenvalue weighted by atomic mass is 10.1. The first-order chi connectivity index (χ1) is 13.5. The summed E-state index contributed by atoms with van der Waals surface area (Å²) in [5.74, 6) is 1.69. The molecule has 0 aliphatic carbocycles. The third-order valence-electron chi connectivity index (χ3n) is 5.12. The Balaban J connectivity index is 0.00000300. The number of aromatic nitrogens is 1. The van der Waals surface area contributed by atoms with E-state index in [0.717, 1.165) is 52.5 Å². The molecule has 2 heterocycles. The minimum absolute atomic E-state index is 0. The molecular weight excluding hydrogens is 545 g/mol. The van der Waals surface area contributed by atoms with Crippen molar-refractivity contribution in [2.24, 2.45) is 4.99 Å². The summed E-state index contributed by atoms with van der Waals surface area (Å²) < 4.78 is 6.60. The van der Waals surface area contributed by atoms with E-state index in [0.29, 0.717) is 12.6 Å². The first kappa shape index (κ1) is 23.7. The van der Waals surface area contributed by atoms with Gasteiger partial charge in [0.15, 0.2) is 5.96 Å². The van der Waals surface area contributed by atoms with Crippen LogP contribution in [0.15, 0.2) is 39.9 Å². The number of pyridine rings is 1. The number of benzene rings is 1. The lowest BCUT2D eigenvalue weighted by Gasteiger charge is -2.21. The van der Waals surface area contributed by atoms with Gasteiger partial charge in [-0.1, -0.05) is 15.9 Å². The maximum absolute atomic E-state index is 5.50. The number of nitrogens with zero attached hydrogens (tertiary/aromatic N) is 3. The van der Waals surface area contributed by atoms with Crippen molar-refractivity contribution in [3.63, 3.8) is 0 Å². The molecule has 2 aromatic rings. The molecule has 0 amide bonds. The highest BCUT2D eigenvalue weighted by Gasteiger charge is 2.23. The standard InChI is InChI=1S/C21H28BrN5O.HI/c1-14-11-24-19(15(2)20(14)28-4)12-25-21(23-3)26-17-9-10-27(13-17)18-7-5-16(22)6-8-18;/h5-8,11,17H,9-10,12-13H2,1-4H3,(H2,23,25,26);1H. The third-order valence-corrected chi connectivity index (χ3v) is 5.65. The fourth-order valence-corrected chi connectivity index (χ4v) is 3.83. The van der Waals surface area contributed by atoms with Crippen LogP contribution in [-0.2, 0) is 6.54 Å². The highest BCUT2D eigenvalue weighted by molar-refractivity contribution is 14.0. The number of aryl methyl sites for hydroxylation is 1. The van der Waals surface area contributed by atoms with E-state index in [1.54, 1.807) is 14.2 Å². The van der Waals surface area contributed by atoms with Crippen LogP contribution in [0.5, 0.6) is 5.75 Å². The molecule has 1 saturated heterocycles. The van der Waals surface area contributed by atoms with Gasteiger partial charge in [-0.3, -0.25) is 9.98 Å². The molecule has 6 nitrogen and oxygen atoms in total. The second-order valence-electron chi connectivity index (χ2n) is 7.02. The van der Waals surface area contributed by atoms with Crippen molar-refractivity contribution in [3.8, 4) is 5.75 Å². The number of methoxy groups -OCH3 is 1. The van der Waals surface area contributed by atoms with Crippen molar-refractivity contribution in [1.29, 1.82) is 0 Å². The number of nitrogens with one attached hydrogen (secondary N) is 2. The van der Waals surface area contributed by atoms with Crippen LogP contribution in [0, 0.1) is 13.8 Å². The van der Waals surface area contributed by atoms with E-state index in [2.05, 4.69) is 65.7 Å². The third kappa shape index (κ3) is 5.97. The van der Waals surface area contributed by atoms with Crippen molar-refractivity contribution < 1.29 is 4.74 Å². The molecule has 0 saturated carbocycles. The zero-order valence-corrected chi connectivity index (χ0v) is 21.2. The van der Waals surface area contributed by atoms with Gasteiger partial charge < -0.3 is 20.3 Å². The Hall–Kier alpha value is -1.55. The van der Waals surface area contributed by atoms with Crippen LogP contribution in [0.2, 0.25) is 0 Å². The van der Waals surface area contributed by atoms with Gasteiger partial charge in [-0.2, -0.15) is 0 Å². The molecule has 0 spiro atoms. The van der Waals surface area contributed by atoms with Crippen LogP contribution in [0.1, 0.15) is 23.2 Å². The second kappa shape index (κ2) is 11.0. The van der Waals surface area contributed by atoms with E-state index in [1.807, 2.05) is 20.0 Å². The first-order valence-electron chi connectivity index (χ1n) is 9.48. The summed E-state index contributed by atoms with van der Waals surface area (Å²) in [6, 6.07) is 8.83. The Bertz CT molecular complexity index is 844. The van der Waals surface area contributed by atoms with E-state index in [9.17, 15) is 0 Å². The Labute approximate surface area is 198 Å². The van der Waals surface area contributed by atoms with Crippen LogP contribution in [0.4, 0.5) is 5.69 Å². The van der Waals surface area contributed by atoms with Gasteiger partial charge in [0.2, 0.25) is 0 Å². The number of halogens is 2. The maximum Gasteiger partial charge on any atom is 0.191 e. The fourth-order valence-electron chi connectivity index (χ4n) is 3.57. The number of hydrogen-bond acceptors (Lipinski definition) is 4. The number of ether oxygens (including phenoxy) is 1. The molecule has 8 heteroatoms. The van der Waals surface area contributed by atoms with Crippen LogP contribution >= 0.6 is 39.9 Å². The molecule has 158 valence electrons. The maximum atomic E-state index is 5.50. The summed E-state index contributed by atoms with van der Waals surface area (Å²) in [4.78, 5) is 11.3. The number of anilines is 1. The average molecular weight is 574 g/mol. The van der Waals surface area contributed by atoms with Gasteiger partial charge in [0.1, 0.15) is 5.75 Å². The Morgan fingerprint density at radius 2 is 2.03 bits per heavy atom. The highest BCUT2D eigenvalue weighted by atomic mass is 127. The Kier molecular flexibility index (Phi) is 9.01. The van der Waals surface area contributed by atoms with Gasteiger partial charge in [0.25, 0.3) is 0 Å². The van der Waals surface area contributed by atoms with Crippen molar-refractivity contribution in [1.82, 2.24) is 15.6 Å². The van der Waals surface area contributed by atoms with Crippen molar-refractivity contribution in [2.75, 3.05) is 32.1 Å². The lowest BCUT2D eigenvalue weighted by Crippen LogP contribution is -2.44. The Morgan fingerprint density at radius 1 is 1.31 bits per heavy atom. The van der Waals surface area contributed by atoms with E-state index in [1.165, 1.54) is 5.69 Å². The van der Waals surface area contributed by atoms with E-state index in [-0.39, 0.29) is 24.0 Å². The zero-order valence-electron chi connectivity index (χ0n) is 17.3. The van der Waals surface area contributed by atoms with Crippen molar-refractivity contribution in [2.45, 2.75) is 32.9 Å². The molecule has 1 aliphatic heterocycles. The summed E-state index contributed by atoms with van der Waals surface area (Å²) in [6.07, 6.45) is 2.93. The van der Waals surface area contributed by atoms with Crippen molar-refractivity contribution in [3.05, 3.63) is 51.8 Å². The molecule has 1 aliphatic rings. The number of rotatable bonds is 5. The summed E-state index contributed by atoms with van der Waals surface area (Å²) in [5, 5.41) is 6.92. The number of hydrogen-bond donors (Lipinski definition) is 2. The normalized spacial score (nSPS) is 16.4. The molecule has 1 aromatic heterocycles. The highest BCUT2D eigenvalue weighted by Crippen LogP contribution is 2.24. The molecule has 3 rings (SSSR count). The molecule has 0 radical (unpaired) electrons. The van der Waals surface area contributed by atoms with Crippen LogP contribution < -0.4 is 20.3 Å². The van der Waals surface area contributed by atoms with Gasteiger partial charge >= 0.3 is 0 Å². The SMILES string of the molecule is CN=C(NCc1ncc(C)c(OC)c1C)NC1CCN(c2ccc(Br)cc2)C1.I. The molecule has 1 aromatic carbocycles. The van der Waals surface area contributed by atoms with Gasteiger partial charge in [0.05, 0.1) is 19.3 Å². The van der Waals surface area contributed by atoms with Crippen LogP contribution in [0.25, 0.3) is 0 Å². The van der Waals surface area contributed by atoms with E-state index in [4.69, 9.17) is 4.74 Å². The molecule has 2 N–H and O–H groups in total. The van der Waals surface area contributed by atoms with Gasteiger partial charge in [0, 0.05) is 53.7 Å². The molecule has 0 bridgehead atoms. The number of guanidine groups is 1. The topological polar surface area (TPSA) is 61.8 Å². The molecule has 29 heavy (non-hydrogen) atoms. The fraction of sp³-hybridized carbons (Fsp3) is 0.429. The van der Waals surface area contributed by atoms with Crippen LogP contribution in [0.3, 0.4) is 0 Å². The minimum atomic E-state index is 0. The lowest BCUT2D eigenvalue weighted by molar-refractivity contribution is 0.406. The summed E-state index contributed by atoms with van der Waals surface area (Å²) in [6.45, 7) is 6.64.